The Morgan fingerprint density at radius 3 is 2.36 bits per heavy atom. The van der Waals surface area contributed by atoms with Crippen LogP contribution in [0.2, 0.25) is 0 Å². The summed E-state index contributed by atoms with van der Waals surface area (Å²) >= 11 is 0. The summed E-state index contributed by atoms with van der Waals surface area (Å²) in [4.78, 5) is 21.4. The van der Waals surface area contributed by atoms with Crippen molar-refractivity contribution in [1.82, 2.24) is 20.1 Å². The van der Waals surface area contributed by atoms with Crippen molar-refractivity contribution in [3.8, 4) is 0 Å². The molecule has 0 radical (unpaired) electrons. The molecule has 1 aromatic carbocycles. The van der Waals surface area contributed by atoms with Crippen LogP contribution in [0.1, 0.15) is 54.6 Å². The molecule has 1 N–H and O–H groups in total. The van der Waals surface area contributed by atoms with Crippen LogP contribution in [0.15, 0.2) is 24.3 Å². The first-order valence-corrected chi connectivity index (χ1v) is 9.15. The molecule has 0 aliphatic carbocycles. The van der Waals surface area contributed by atoms with E-state index in [2.05, 4.69) is 33.9 Å². The van der Waals surface area contributed by atoms with Crippen LogP contribution in [-0.4, -0.2) is 52.2 Å². The van der Waals surface area contributed by atoms with Crippen molar-refractivity contribution < 1.29 is 4.79 Å². The molecule has 1 aromatic heterocycles. The predicted octanol–water partition coefficient (Wildman–Crippen LogP) is 2.98. The monoisotopic (exact) mass is 341 g/mol. The molecule has 1 aliphatic heterocycles. The second-order valence-corrected chi connectivity index (χ2v) is 6.56. The molecule has 0 bridgehead atoms. The molecular weight excluding hydrogens is 314 g/mol. The number of carbonyl (C=O) groups is 1. The van der Waals surface area contributed by atoms with Gasteiger partial charge in [0.2, 0.25) is 0 Å². The SMILES string of the molecule is CCN(CC)c1ccc(C(=O)N2CCC(c3n[nH]c(C)n3)CC2)cc1. The van der Waals surface area contributed by atoms with Crippen molar-refractivity contribution in [3.63, 3.8) is 0 Å². The molecule has 1 saturated heterocycles. The van der Waals surface area contributed by atoms with Crippen LogP contribution in [0.25, 0.3) is 0 Å². The number of anilines is 1. The van der Waals surface area contributed by atoms with Crippen LogP contribution in [0.3, 0.4) is 0 Å². The van der Waals surface area contributed by atoms with Crippen molar-refractivity contribution in [3.05, 3.63) is 41.5 Å². The number of likely N-dealkylation sites (tertiary alicyclic amines) is 1. The zero-order chi connectivity index (χ0) is 17.8. The smallest absolute Gasteiger partial charge is 0.253 e. The molecule has 6 nitrogen and oxygen atoms in total. The fourth-order valence-electron chi connectivity index (χ4n) is 3.47. The number of aryl methyl sites for hydroxylation is 1. The number of benzene rings is 1. The zero-order valence-corrected chi connectivity index (χ0v) is 15.3. The molecule has 25 heavy (non-hydrogen) atoms. The lowest BCUT2D eigenvalue weighted by molar-refractivity contribution is 0.0711. The quantitative estimate of drug-likeness (QED) is 0.908. The van der Waals surface area contributed by atoms with Crippen LogP contribution in [0, 0.1) is 6.92 Å². The van der Waals surface area contributed by atoms with Gasteiger partial charge in [-0.15, -0.1) is 0 Å². The number of H-pyrrole nitrogens is 1. The minimum atomic E-state index is 0.121. The summed E-state index contributed by atoms with van der Waals surface area (Å²) in [5.41, 5.74) is 1.93. The van der Waals surface area contributed by atoms with Gasteiger partial charge in [0.15, 0.2) is 5.82 Å². The topological polar surface area (TPSA) is 65.1 Å². The second kappa shape index (κ2) is 7.68. The van der Waals surface area contributed by atoms with E-state index in [9.17, 15) is 4.79 Å². The fraction of sp³-hybridized carbons (Fsp3) is 0.526. The third-order valence-corrected chi connectivity index (χ3v) is 5.00. The molecule has 1 amide bonds. The molecule has 0 saturated carbocycles. The van der Waals surface area contributed by atoms with Gasteiger partial charge in [-0.05, 0) is 57.9 Å². The first-order chi connectivity index (χ1) is 12.1. The maximum absolute atomic E-state index is 12.7. The summed E-state index contributed by atoms with van der Waals surface area (Å²) in [7, 11) is 0. The van der Waals surface area contributed by atoms with E-state index in [0.717, 1.165) is 56.2 Å². The Morgan fingerprint density at radius 1 is 1.20 bits per heavy atom. The minimum Gasteiger partial charge on any atom is -0.372 e. The highest BCUT2D eigenvalue weighted by Crippen LogP contribution is 2.26. The lowest BCUT2D eigenvalue weighted by atomic mass is 9.95. The lowest BCUT2D eigenvalue weighted by Crippen LogP contribution is -2.38. The average molecular weight is 341 g/mol. The maximum Gasteiger partial charge on any atom is 0.253 e. The van der Waals surface area contributed by atoms with E-state index in [1.807, 2.05) is 36.1 Å². The Bertz CT molecular complexity index is 697. The number of rotatable bonds is 5. The molecule has 2 aromatic rings. The van der Waals surface area contributed by atoms with Gasteiger partial charge in [0.25, 0.3) is 5.91 Å². The molecule has 0 spiro atoms. The number of aromatic nitrogens is 3. The number of carbonyl (C=O) groups excluding carboxylic acids is 1. The van der Waals surface area contributed by atoms with Gasteiger partial charge >= 0.3 is 0 Å². The number of aromatic amines is 1. The zero-order valence-electron chi connectivity index (χ0n) is 15.3. The molecule has 134 valence electrons. The first-order valence-electron chi connectivity index (χ1n) is 9.15. The van der Waals surface area contributed by atoms with Crippen molar-refractivity contribution in [2.75, 3.05) is 31.1 Å². The number of hydrogen-bond acceptors (Lipinski definition) is 4. The predicted molar refractivity (Wildman–Crippen MR) is 99.0 cm³/mol. The van der Waals surface area contributed by atoms with E-state index in [4.69, 9.17) is 0 Å². The average Bonchev–Trinajstić information content (AvgIpc) is 3.09. The van der Waals surface area contributed by atoms with Gasteiger partial charge in [0.05, 0.1) is 0 Å². The van der Waals surface area contributed by atoms with E-state index in [-0.39, 0.29) is 5.91 Å². The van der Waals surface area contributed by atoms with E-state index in [1.54, 1.807) is 0 Å². The van der Waals surface area contributed by atoms with Crippen molar-refractivity contribution >= 4 is 11.6 Å². The van der Waals surface area contributed by atoms with Gasteiger partial charge in [-0.25, -0.2) is 4.98 Å². The molecular formula is C19H27N5O. The third kappa shape index (κ3) is 3.83. The van der Waals surface area contributed by atoms with Crippen LogP contribution in [0.5, 0.6) is 0 Å². The van der Waals surface area contributed by atoms with E-state index in [0.29, 0.717) is 5.92 Å². The molecule has 1 aliphatic rings. The van der Waals surface area contributed by atoms with Gasteiger partial charge in [-0.2, -0.15) is 5.10 Å². The highest BCUT2D eigenvalue weighted by atomic mass is 16.2. The van der Waals surface area contributed by atoms with Gasteiger partial charge in [-0.3, -0.25) is 9.89 Å². The molecule has 3 rings (SSSR count). The number of nitrogens with one attached hydrogen (secondary N) is 1. The van der Waals surface area contributed by atoms with Crippen LogP contribution < -0.4 is 4.90 Å². The Hall–Kier alpha value is -2.37. The summed E-state index contributed by atoms with van der Waals surface area (Å²) in [6.07, 6.45) is 1.83. The van der Waals surface area contributed by atoms with E-state index in [1.165, 1.54) is 5.69 Å². The summed E-state index contributed by atoms with van der Waals surface area (Å²) < 4.78 is 0. The minimum absolute atomic E-state index is 0.121. The van der Waals surface area contributed by atoms with E-state index >= 15 is 0 Å². The van der Waals surface area contributed by atoms with Gasteiger partial charge in [0, 0.05) is 43.3 Å². The number of piperidine rings is 1. The molecule has 2 heterocycles. The van der Waals surface area contributed by atoms with Crippen molar-refractivity contribution in [1.29, 1.82) is 0 Å². The second-order valence-electron chi connectivity index (χ2n) is 6.56. The summed E-state index contributed by atoms with van der Waals surface area (Å²) in [5.74, 6) is 2.20. The summed E-state index contributed by atoms with van der Waals surface area (Å²) in [5, 5.41) is 7.17. The number of nitrogens with zero attached hydrogens (tertiary/aromatic N) is 4. The van der Waals surface area contributed by atoms with Gasteiger partial charge in [0.1, 0.15) is 5.82 Å². The van der Waals surface area contributed by atoms with Crippen LogP contribution >= 0.6 is 0 Å². The highest BCUT2D eigenvalue weighted by molar-refractivity contribution is 5.94. The Balaban J connectivity index is 1.60. The maximum atomic E-state index is 12.7. The normalized spacial score (nSPS) is 15.4. The van der Waals surface area contributed by atoms with Gasteiger partial charge < -0.3 is 9.80 Å². The lowest BCUT2D eigenvalue weighted by Gasteiger charge is -2.31. The Kier molecular flexibility index (Phi) is 5.36. The first kappa shape index (κ1) is 17.5. The fourth-order valence-corrected chi connectivity index (χ4v) is 3.47. The number of hydrogen-bond donors (Lipinski definition) is 1. The van der Waals surface area contributed by atoms with Crippen molar-refractivity contribution in [2.24, 2.45) is 0 Å². The van der Waals surface area contributed by atoms with Gasteiger partial charge in [-0.1, -0.05) is 0 Å². The molecule has 1 fully saturated rings. The molecule has 6 heteroatoms. The summed E-state index contributed by atoms with van der Waals surface area (Å²) in [6, 6.07) is 7.98. The standard InChI is InChI=1S/C19H27N5O/c1-4-23(5-2)17-8-6-16(7-9-17)19(25)24-12-10-15(11-13-24)18-20-14(3)21-22-18/h6-9,15H,4-5,10-13H2,1-3H3,(H,20,21,22). The molecule has 0 unspecified atom stereocenters. The Labute approximate surface area is 149 Å². The molecule has 0 atom stereocenters. The van der Waals surface area contributed by atoms with E-state index < -0.39 is 0 Å². The van der Waals surface area contributed by atoms with Crippen LogP contribution in [0.4, 0.5) is 5.69 Å². The van der Waals surface area contributed by atoms with Crippen molar-refractivity contribution in [2.45, 2.75) is 39.5 Å². The Morgan fingerprint density at radius 2 is 1.84 bits per heavy atom. The largest absolute Gasteiger partial charge is 0.372 e. The van der Waals surface area contributed by atoms with Crippen LogP contribution in [-0.2, 0) is 0 Å². The third-order valence-electron chi connectivity index (χ3n) is 5.00. The summed E-state index contributed by atoms with van der Waals surface area (Å²) in [6.45, 7) is 9.65. The number of amides is 1. The highest BCUT2D eigenvalue weighted by Gasteiger charge is 2.26.